The van der Waals surface area contributed by atoms with Crippen molar-refractivity contribution >= 4 is 40.3 Å². The average Bonchev–Trinajstić information content (AvgIpc) is 3.31. The van der Waals surface area contributed by atoms with Crippen molar-refractivity contribution in [1.29, 1.82) is 0 Å². The zero-order valence-corrected chi connectivity index (χ0v) is 15.4. The van der Waals surface area contributed by atoms with Gasteiger partial charge in [0.05, 0.1) is 11.8 Å². The van der Waals surface area contributed by atoms with E-state index in [0.29, 0.717) is 5.75 Å². The first-order valence-electron chi connectivity index (χ1n) is 7.75. The van der Waals surface area contributed by atoms with Crippen molar-refractivity contribution in [2.45, 2.75) is 17.4 Å². The molecule has 0 bridgehead atoms. The van der Waals surface area contributed by atoms with Gasteiger partial charge in [-0.3, -0.25) is 9.78 Å². The molecule has 4 rings (SSSR count). The van der Waals surface area contributed by atoms with Crippen LogP contribution < -0.4 is 0 Å². The maximum Gasteiger partial charge on any atom is 0.233 e. The third-order valence-electron chi connectivity index (χ3n) is 4.11. The van der Waals surface area contributed by atoms with E-state index in [-0.39, 0.29) is 11.9 Å². The van der Waals surface area contributed by atoms with Gasteiger partial charge in [-0.05, 0) is 47.0 Å². The van der Waals surface area contributed by atoms with E-state index in [0.717, 1.165) is 17.9 Å². The van der Waals surface area contributed by atoms with Gasteiger partial charge >= 0.3 is 0 Å². The number of thioether (sulfide) groups is 1. The highest BCUT2D eigenvalue weighted by Crippen LogP contribution is 2.39. The molecule has 0 saturated carbocycles. The van der Waals surface area contributed by atoms with E-state index in [1.165, 1.54) is 15.3 Å². The third kappa shape index (κ3) is 3.14. The Hall–Kier alpha value is -1.63. The first-order chi connectivity index (χ1) is 11.8. The number of thiophene rings is 2. The summed E-state index contributed by atoms with van der Waals surface area (Å²) in [6, 6.07) is 10.3. The molecular weight excluding hydrogens is 356 g/mol. The Balaban J connectivity index is 1.56. The number of aromatic nitrogens is 1. The maximum atomic E-state index is 12.9. The van der Waals surface area contributed by atoms with Crippen LogP contribution >= 0.6 is 34.4 Å². The zero-order valence-electron chi connectivity index (χ0n) is 12.9. The van der Waals surface area contributed by atoms with Crippen LogP contribution in [0.5, 0.6) is 0 Å². The van der Waals surface area contributed by atoms with Gasteiger partial charge in [-0.2, -0.15) is 0 Å². The lowest BCUT2D eigenvalue weighted by atomic mass is 9.98. The van der Waals surface area contributed by atoms with Gasteiger partial charge in [-0.25, -0.2) is 0 Å². The van der Waals surface area contributed by atoms with E-state index < -0.39 is 0 Å². The second-order valence-corrected chi connectivity index (χ2v) is 8.55. The van der Waals surface area contributed by atoms with Crippen molar-refractivity contribution in [3.8, 4) is 0 Å². The summed E-state index contributed by atoms with van der Waals surface area (Å²) in [7, 11) is 0. The summed E-state index contributed by atoms with van der Waals surface area (Å²) in [5, 5.41) is 4.23. The Labute approximate surface area is 153 Å². The number of carbonyl (C=O) groups is 1. The lowest BCUT2D eigenvalue weighted by Gasteiger charge is -2.35. The largest absolute Gasteiger partial charge is 0.330 e. The molecule has 0 spiro atoms. The van der Waals surface area contributed by atoms with Crippen LogP contribution in [-0.4, -0.2) is 28.1 Å². The summed E-state index contributed by atoms with van der Waals surface area (Å²) in [5.41, 5.74) is 1.30. The quantitative estimate of drug-likeness (QED) is 0.634. The highest BCUT2D eigenvalue weighted by molar-refractivity contribution is 8.00. The number of amides is 1. The van der Waals surface area contributed by atoms with Gasteiger partial charge in [0.1, 0.15) is 0 Å². The predicted octanol–water partition coefficient (Wildman–Crippen LogP) is 4.47. The van der Waals surface area contributed by atoms with E-state index in [9.17, 15) is 4.79 Å². The molecule has 0 aromatic carbocycles. The number of carbonyl (C=O) groups excluding carboxylic acids is 1. The molecule has 4 heterocycles. The summed E-state index contributed by atoms with van der Waals surface area (Å²) in [6.07, 6.45) is 4.49. The molecule has 0 fully saturated rings. The number of rotatable bonds is 4. The molecule has 0 N–H and O–H groups in total. The fourth-order valence-corrected chi connectivity index (χ4v) is 5.53. The first kappa shape index (κ1) is 15.9. The molecule has 1 amide bonds. The second-order valence-electron chi connectivity index (χ2n) is 5.53. The van der Waals surface area contributed by atoms with Crippen molar-refractivity contribution in [2.24, 2.45) is 0 Å². The fourth-order valence-electron chi connectivity index (χ4n) is 3.00. The van der Waals surface area contributed by atoms with Gasteiger partial charge in [0, 0.05) is 33.6 Å². The molecular formula is C18H16N2OS3. The molecule has 1 aliphatic rings. The van der Waals surface area contributed by atoms with Crippen LogP contribution in [0, 0.1) is 0 Å². The van der Waals surface area contributed by atoms with Gasteiger partial charge in [-0.1, -0.05) is 6.07 Å². The Kier molecular flexibility index (Phi) is 4.69. The Morgan fingerprint density at radius 1 is 1.21 bits per heavy atom. The van der Waals surface area contributed by atoms with Crippen LogP contribution in [0.25, 0.3) is 0 Å². The SMILES string of the molecule is O=C(CSc1ccncc1)N1CCc2sccc2[C@H]1c1cccs1. The molecule has 1 atom stereocenters. The van der Waals surface area contributed by atoms with E-state index in [1.807, 2.05) is 12.1 Å². The topological polar surface area (TPSA) is 33.2 Å². The van der Waals surface area contributed by atoms with Gasteiger partial charge in [-0.15, -0.1) is 34.4 Å². The van der Waals surface area contributed by atoms with Crippen molar-refractivity contribution in [1.82, 2.24) is 9.88 Å². The smallest absolute Gasteiger partial charge is 0.233 e. The summed E-state index contributed by atoms with van der Waals surface area (Å²) in [4.78, 5) is 22.7. The van der Waals surface area contributed by atoms with Gasteiger partial charge in [0.25, 0.3) is 0 Å². The van der Waals surface area contributed by atoms with Crippen LogP contribution in [0.4, 0.5) is 0 Å². The summed E-state index contributed by atoms with van der Waals surface area (Å²) >= 11 is 5.11. The molecule has 24 heavy (non-hydrogen) atoms. The van der Waals surface area contributed by atoms with E-state index in [2.05, 4.69) is 38.8 Å². The summed E-state index contributed by atoms with van der Waals surface area (Å²) in [5.74, 6) is 0.665. The fraction of sp³-hybridized carbons (Fsp3) is 0.222. The number of pyridine rings is 1. The molecule has 0 saturated heterocycles. The van der Waals surface area contributed by atoms with E-state index in [4.69, 9.17) is 0 Å². The molecule has 6 heteroatoms. The van der Waals surface area contributed by atoms with Crippen molar-refractivity contribution in [3.05, 3.63) is 68.8 Å². The first-order valence-corrected chi connectivity index (χ1v) is 10.5. The van der Waals surface area contributed by atoms with E-state index in [1.54, 1.807) is 46.8 Å². The normalized spacial score (nSPS) is 16.8. The van der Waals surface area contributed by atoms with E-state index >= 15 is 0 Å². The second kappa shape index (κ2) is 7.09. The van der Waals surface area contributed by atoms with Gasteiger partial charge < -0.3 is 4.90 Å². The molecule has 1 aliphatic heterocycles. The highest BCUT2D eigenvalue weighted by Gasteiger charge is 2.33. The van der Waals surface area contributed by atoms with Gasteiger partial charge in [0.15, 0.2) is 0 Å². The number of hydrogen-bond acceptors (Lipinski definition) is 5. The Morgan fingerprint density at radius 2 is 2.08 bits per heavy atom. The van der Waals surface area contributed by atoms with Crippen molar-refractivity contribution in [2.75, 3.05) is 12.3 Å². The Bertz CT molecular complexity index is 814. The molecule has 0 aliphatic carbocycles. The zero-order chi connectivity index (χ0) is 16.4. The van der Waals surface area contributed by atoms with Crippen LogP contribution in [0.2, 0.25) is 0 Å². The van der Waals surface area contributed by atoms with Crippen LogP contribution in [0.1, 0.15) is 21.4 Å². The molecule has 0 radical (unpaired) electrons. The number of hydrogen-bond donors (Lipinski definition) is 0. The molecule has 0 unspecified atom stereocenters. The Morgan fingerprint density at radius 3 is 2.88 bits per heavy atom. The monoisotopic (exact) mass is 372 g/mol. The minimum Gasteiger partial charge on any atom is -0.330 e. The van der Waals surface area contributed by atoms with Crippen LogP contribution in [-0.2, 0) is 11.2 Å². The summed E-state index contributed by atoms with van der Waals surface area (Å²) in [6.45, 7) is 0.797. The predicted molar refractivity (Wildman–Crippen MR) is 101 cm³/mol. The lowest BCUT2D eigenvalue weighted by Crippen LogP contribution is -2.40. The van der Waals surface area contributed by atoms with Crippen LogP contribution in [0.3, 0.4) is 0 Å². The highest BCUT2D eigenvalue weighted by atomic mass is 32.2. The third-order valence-corrected chi connectivity index (χ3v) is 7.03. The number of fused-ring (bicyclic) bond motifs is 1. The van der Waals surface area contributed by atoms with Crippen molar-refractivity contribution < 1.29 is 4.79 Å². The number of nitrogens with zero attached hydrogens (tertiary/aromatic N) is 2. The van der Waals surface area contributed by atoms with Gasteiger partial charge in [0.2, 0.25) is 5.91 Å². The molecule has 3 nitrogen and oxygen atoms in total. The summed E-state index contributed by atoms with van der Waals surface area (Å²) < 4.78 is 0. The standard InChI is InChI=1S/C18H16N2OS3/c21-17(12-24-13-3-7-19-8-4-13)20-9-5-15-14(6-11-23-15)18(20)16-2-1-10-22-16/h1-4,6-8,10-11,18H,5,9,12H2/t18-/m0/s1. The molecule has 122 valence electrons. The minimum atomic E-state index is 0.0746. The molecule has 3 aromatic rings. The maximum absolute atomic E-state index is 12.9. The lowest BCUT2D eigenvalue weighted by molar-refractivity contribution is -0.130. The van der Waals surface area contributed by atoms with Crippen molar-refractivity contribution in [3.63, 3.8) is 0 Å². The molecule has 3 aromatic heterocycles. The average molecular weight is 373 g/mol. The minimum absolute atomic E-state index is 0.0746. The van der Waals surface area contributed by atoms with Crippen LogP contribution in [0.15, 0.2) is 58.4 Å².